The van der Waals surface area contributed by atoms with Gasteiger partial charge in [0.15, 0.2) is 0 Å². The molecule has 4 nitrogen and oxygen atoms in total. The van der Waals surface area contributed by atoms with Crippen molar-refractivity contribution in [2.45, 2.75) is 12.7 Å². The molecule has 2 N–H and O–H groups in total. The number of halogens is 4. The summed E-state index contributed by atoms with van der Waals surface area (Å²) in [5.74, 6) is 0.598. The zero-order chi connectivity index (χ0) is 14.8. The van der Waals surface area contributed by atoms with Crippen molar-refractivity contribution < 1.29 is 13.2 Å². The van der Waals surface area contributed by atoms with Crippen LogP contribution in [0.1, 0.15) is 5.56 Å². The fourth-order valence-corrected chi connectivity index (χ4v) is 2.53. The number of rotatable bonds is 3. The molecule has 1 saturated heterocycles. The van der Waals surface area contributed by atoms with Gasteiger partial charge in [-0.1, -0.05) is 11.6 Å². The van der Waals surface area contributed by atoms with E-state index in [2.05, 4.69) is 4.98 Å². The lowest BCUT2D eigenvalue weighted by Crippen LogP contribution is -2.49. The molecule has 0 unspecified atom stereocenters. The molecule has 20 heavy (non-hydrogen) atoms. The van der Waals surface area contributed by atoms with Crippen LogP contribution in [0.3, 0.4) is 0 Å². The molecule has 0 bridgehead atoms. The molecule has 2 rings (SSSR count). The fourth-order valence-electron chi connectivity index (χ4n) is 2.22. The number of aromatic nitrogens is 1. The van der Waals surface area contributed by atoms with E-state index in [1.54, 1.807) is 12.3 Å². The van der Waals surface area contributed by atoms with Gasteiger partial charge in [0.05, 0.1) is 11.6 Å². The second kappa shape index (κ2) is 6.15. The predicted molar refractivity (Wildman–Crippen MR) is 71.8 cm³/mol. The first-order chi connectivity index (χ1) is 9.40. The summed E-state index contributed by atoms with van der Waals surface area (Å²) in [5, 5.41) is 0.485. The van der Waals surface area contributed by atoms with Crippen molar-refractivity contribution in [2.75, 3.05) is 37.6 Å². The Hall–Kier alpha value is -1.05. The lowest BCUT2D eigenvalue weighted by Gasteiger charge is -2.36. The molecule has 2 heterocycles. The van der Waals surface area contributed by atoms with Gasteiger partial charge < -0.3 is 10.6 Å². The maximum atomic E-state index is 12.3. The van der Waals surface area contributed by atoms with Crippen LogP contribution in [0, 0.1) is 0 Å². The SMILES string of the molecule is NCc1ccnc(N2CCN(CC(F)(F)F)CC2)c1Cl. The second-order valence-corrected chi connectivity index (χ2v) is 5.07. The Morgan fingerprint density at radius 2 is 1.90 bits per heavy atom. The van der Waals surface area contributed by atoms with Crippen LogP contribution in [-0.4, -0.2) is 48.8 Å². The summed E-state index contributed by atoms with van der Waals surface area (Å²) in [7, 11) is 0. The molecule has 1 aromatic heterocycles. The van der Waals surface area contributed by atoms with Crippen molar-refractivity contribution in [1.82, 2.24) is 9.88 Å². The van der Waals surface area contributed by atoms with Gasteiger partial charge in [-0.25, -0.2) is 4.98 Å². The Morgan fingerprint density at radius 3 is 2.45 bits per heavy atom. The number of nitrogens with zero attached hydrogens (tertiary/aromatic N) is 3. The first-order valence-electron chi connectivity index (χ1n) is 6.28. The van der Waals surface area contributed by atoms with E-state index in [-0.39, 0.29) is 0 Å². The van der Waals surface area contributed by atoms with E-state index in [4.69, 9.17) is 17.3 Å². The number of pyridine rings is 1. The minimum Gasteiger partial charge on any atom is -0.353 e. The van der Waals surface area contributed by atoms with Gasteiger partial charge in [0.2, 0.25) is 0 Å². The number of piperazine rings is 1. The summed E-state index contributed by atoms with van der Waals surface area (Å²) in [6, 6.07) is 1.74. The monoisotopic (exact) mass is 308 g/mol. The maximum Gasteiger partial charge on any atom is 0.401 e. The van der Waals surface area contributed by atoms with Crippen LogP contribution in [0.25, 0.3) is 0 Å². The smallest absolute Gasteiger partial charge is 0.353 e. The number of anilines is 1. The molecule has 0 atom stereocenters. The highest BCUT2D eigenvalue weighted by molar-refractivity contribution is 6.33. The van der Waals surface area contributed by atoms with Gasteiger partial charge in [0.1, 0.15) is 5.82 Å². The molecule has 0 radical (unpaired) electrons. The Kier molecular flexibility index (Phi) is 4.72. The van der Waals surface area contributed by atoms with E-state index in [0.29, 0.717) is 43.6 Å². The van der Waals surface area contributed by atoms with Gasteiger partial charge in [-0.05, 0) is 11.6 Å². The molecule has 1 aliphatic rings. The molecule has 1 aliphatic heterocycles. The van der Waals surface area contributed by atoms with Gasteiger partial charge in [-0.15, -0.1) is 0 Å². The van der Waals surface area contributed by atoms with Crippen LogP contribution >= 0.6 is 11.6 Å². The highest BCUT2D eigenvalue weighted by atomic mass is 35.5. The summed E-state index contributed by atoms with van der Waals surface area (Å²) >= 11 is 6.21. The van der Waals surface area contributed by atoms with Crippen molar-refractivity contribution in [3.63, 3.8) is 0 Å². The van der Waals surface area contributed by atoms with E-state index >= 15 is 0 Å². The molecule has 1 fully saturated rings. The van der Waals surface area contributed by atoms with Crippen molar-refractivity contribution in [3.05, 3.63) is 22.8 Å². The Labute approximate surface area is 120 Å². The van der Waals surface area contributed by atoms with Crippen LogP contribution in [-0.2, 0) is 6.54 Å². The summed E-state index contributed by atoms with van der Waals surface area (Å²) in [6.45, 7) is 1.05. The zero-order valence-electron chi connectivity index (χ0n) is 10.8. The number of alkyl halides is 3. The molecule has 112 valence electrons. The van der Waals surface area contributed by atoms with E-state index < -0.39 is 12.7 Å². The van der Waals surface area contributed by atoms with Crippen LogP contribution < -0.4 is 10.6 Å². The lowest BCUT2D eigenvalue weighted by molar-refractivity contribution is -0.146. The first kappa shape index (κ1) is 15.3. The van der Waals surface area contributed by atoms with E-state index in [1.807, 2.05) is 4.90 Å². The third-order valence-corrected chi connectivity index (χ3v) is 3.66. The number of hydrogen-bond donors (Lipinski definition) is 1. The average molecular weight is 309 g/mol. The van der Waals surface area contributed by atoms with Crippen molar-refractivity contribution in [2.24, 2.45) is 5.73 Å². The van der Waals surface area contributed by atoms with Gasteiger partial charge >= 0.3 is 6.18 Å². The van der Waals surface area contributed by atoms with Crippen LogP contribution in [0.4, 0.5) is 19.0 Å². The van der Waals surface area contributed by atoms with Crippen LogP contribution in [0.2, 0.25) is 5.02 Å². The third-order valence-electron chi connectivity index (χ3n) is 3.25. The predicted octanol–water partition coefficient (Wildman–Crippen LogP) is 1.88. The minimum atomic E-state index is -4.16. The quantitative estimate of drug-likeness (QED) is 0.926. The molecule has 0 aromatic carbocycles. The highest BCUT2D eigenvalue weighted by Crippen LogP contribution is 2.27. The van der Waals surface area contributed by atoms with Gasteiger partial charge in [0.25, 0.3) is 0 Å². The summed E-state index contributed by atoms with van der Waals surface area (Å²) in [4.78, 5) is 7.49. The normalized spacial score (nSPS) is 17.6. The van der Waals surface area contributed by atoms with E-state index in [9.17, 15) is 13.2 Å². The Bertz CT molecular complexity index is 459. The standard InChI is InChI=1S/C12H16ClF3N4/c13-10-9(7-17)1-2-18-11(10)20-5-3-19(4-6-20)8-12(14,15)16/h1-2H,3-8,17H2. The van der Waals surface area contributed by atoms with Gasteiger partial charge in [-0.2, -0.15) is 13.2 Å². The molecule has 0 amide bonds. The largest absolute Gasteiger partial charge is 0.401 e. The lowest BCUT2D eigenvalue weighted by atomic mass is 10.2. The Morgan fingerprint density at radius 1 is 1.25 bits per heavy atom. The van der Waals surface area contributed by atoms with Crippen molar-refractivity contribution >= 4 is 17.4 Å². The first-order valence-corrected chi connectivity index (χ1v) is 6.66. The molecule has 0 aliphatic carbocycles. The third kappa shape index (κ3) is 3.74. The minimum absolute atomic E-state index is 0.308. The zero-order valence-corrected chi connectivity index (χ0v) is 11.6. The molecular formula is C12H16ClF3N4. The van der Waals surface area contributed by atoms with Crippen LogP contribution in [0.15, 0.2) is 12.3 Å². The van der Waals surface area contributed by atoms with Crippen molar-refractivity contribution in [1.29, 1.82) is 0 Å². The summed E-state index contributed by atoms with van der Waals surface area (Å²) in [6.07, 6.45) is -2.54. The second-order valence-electron chi connectivity index (χ2n) is 4.69. The van der Waals surface area contributed by atoms with Crippen LogP contribution in [0.5, 0.6) is 0 Å². The molecular weight excluding hydrogens is 293 g/mol. The molecule has 8 heteroatoms. The van der Waals surface area contributed by atoms with E-state index in [1.165, 1.54) is 4.90 Å². The average Bonchev–Trinajstić information content (AvgIpc) is 2.38. The fraction of sp³-hybridized carbons (Fsp3) is 0.583. The maximum absolute atomic E-state index is 12.3. The molecule has 0 spiro atoms. The Balaban J connectivity index is 2.01. The van der Waals surface area contributed by atoms with E-state index in [0.717, 1.165) is 5.56 Å². The highest BCUT2D eigenvalue weighted by Gasteiger charge is 2.32. The van der Waals surface area contributed by atoms with Crippen molar-refractivity contribution in [3.8, 4) is 0 Å². The van der Waals surface area contributed by atoms with Gasteiger partial charge in [0, 0.05) is 38.9 Å². The summed E-state index contributed by atoms with van der Waals surface area (Å²) < 4.78 is 37.0. The molecule has 1 aromatic rings. The molecule has 0 saturated carbocycles. The summed E-state index contributed by atoms with van der Waals surface area (Å²) in [5.41, 5.74) is 6.36. The number of hydrogen-bond acceptors (Lipinski definition) is 4. The van der Waals surface area contributed by atoms with Gasteiger partial charge in [-0.3, -0.25) is 4.90 Å². The topological polar surface area (TPSA) is 45.4 Å². The number of nitrogens with two attached hydrogens (primary N) is 1.